The molecule has 3 atom stereocenters. The number of hydrogen-bond acceptors (Lipinski definition) is 17. The highest BCUT2D eigenvalue weighted by molar-refractivity contribution is 5.78. The van der Waals surface area contributed by atoms with Crippen molar-refractivity contribution in [1.29, 1.82) is 0 Å². The second kappa shape index (κ2) is 25.8. The number of benzene rings is 9. The van der Waals surface area contributed by atoms with Gasteiger partial charge in [0.15, 0.2) is 0 Å². The highest BCUT2D eigenvalue weighted by Gasteiger charge is 2.62. The molecule has 9 aromatic carbocycles. The molecular formula is C78H68F3N7O14. The summed E-state index contributed by atoms with van der Waals surface area (Å²) in [7, 11) is 0. The summed E-state index contributed by atoms with van der Waals surface area (Å²) >= 11 is 0. The molecule has 6 heterocycles. The van der Waals surface area contributed by atoms with Crippen molar-refractivity contribution in [1.82, 2.24) is 0 Å². The van der Waals surface area contributed by atoms with Crippen LogP contribution in [0.1, 0.15) is 108 Å². The highest BCUT2D eigenvalue weighted by Crippen LogP contribution is 2.60. The first-order valence-electron chi connectivity index (χ1n) is 32.6. The van der Waals surface area contributed by atoms with Crippen LogP contribution in [0.3, 0.4) is 0 Å². The Hall–Kier alpha value is -11.7. The molecule has 102 heavy (non-hydrogen) atoms. The molecule has 24 heteroatoms. The molecule has 0 fully saturated rings. The van der Waals surface area contributed by atoms with Crippen molar-refractivity contribution >= 4 is 58.0 Å². The van der Waals surface area contributed by atoms with Gasteiger partial charge in [-0.3, -0.25) is 40.5 Å². The molecule has 0 aliphatic carbocycles. The molecule has 15 rings (SSSR count). The van der Waals surface area contributed by atoms with Gasteiger partial charge in [0.2, 0.25) is 17.2 Å². The number of fused-ring (bicyclic) bond motifs is 6. The third-order valence-corrected chi connectivity index (χ3v) is 20.5. The lowest BCUT2D eigenvalue weighted by Gasteiger charge is -2.47. The van der Waals surface area contributed by atoms with E-state index in [9.17, 15) is 68.9 Å². The van der Waals surface area contributed by atoms with Crippen LogP contribution in [0.25, 0.3) is 18.2 Å². The standard InChI is InChI=1S/C26H22F2N2O4.C26H23FN2O4.C26H23N3O6/c1-25(2)21-5-3-4-6-23(21)29(14-17-7-8-19(27)13-22(17)28)26(25)10-9-16-11-20(30(32)33)12-18(15-31)24(16)34-26;1-25(2)22-5-3-4-6-23(22)28(15-17-7-9-20(27)10-8-17)26(25)12-11-18-13-21(29(31)32)14-19(16-30)24(18)33-26;1-25(2)22-5-3-4-6-23(22)27(15-17-7-9-20(10-8-17)28(31)32)26(25)12-11-18-13-21(29(33)34)14-19(16-30)24(18)35-26/h3-13,31H,14-15H2,1-2H3;3-14,30H,15-16H2,1-2H3;3-14,30H,15-16H2,1-2H3. The molecule has 3 N–H and O–H groups in total. The van der Waals surface area contributed by atoms with E-state index in [4.69, 9.17) is 14.2 Å². The number of rotatable bonds is 13. The first kappa shape index (κ1) is 68.8. The Morgan fingerprint density at radius 3 is 1.01 bits per heavy atom. The van der Waals surface area contributed by atoms with Gasteiger partial charge in [0.25, 0.3) is 22.7 Å². The Bertz CT molecular complexity index is 5010. The van der Waals surface area contributed by atoms with Crippen LogP contribution in [0.4, 0.5) is 53.0 Å². The molecule has 0 radical (unpaired) electrons. The van der Waals surface area contributed by atoms with Gasteiger partial charge in [0.1, 0.15) is 34.7 Å². The van der Waals surface area contributed by atoms with Crippen LogP contribution in [-0.2, 0) is 55.7 Å². The molecule has 3 spiro atoms. The summed E-state index contributed by atoms with van der Waals surface area (Å²) in [5, 5.41) is 75.2. The molecule has 6 aliphatic heterocycles. The number of anilines is 3. The summed E-state index contributed by atoms with van der Waals surface area (Å²) in [5.74, 6) is -0.460. The van der Waals surface area contributed by atoms with E-state index in [1.165, 1.54) is 72.8 Å². The second-order valence-corrected chi connectivity index (χ2v) is 27.2. The number of para-hydroxylation sites is 3. The Morgan fingerprint density at radius 1 is 0.373 bits per heavy atom. The first-order valence-corrected chi connectivity index (χ1v) is 32.6. The smallest absolute Gasteiger partial charge is 0.270 e. The molecule has 0 saturated carbocycles. The van der Waals surface area contributed by atoms with Crippen molar-refractivity contribution in [3.8, 4) is 17.2 Å². The number of hydrogen-bond donors (Lipinski definition) is 3. The van der Waals surface area contributed by atoms with Crippen molar-refractivity contribution in [2.24, 2.45) is 0 Å². The van der Waals surface area contributed by atoms with E-state index in [0.29, 0.717) is 63.7 Å². The molecule has 0 saturated heterocycles. The minimum absolute atomic E-state index is 0.0162. The third kappa shape index (κ3) is 11.3. The van der Waals surface area contributed by atoms with Gasteiger partial charge in [0, 0.05) is 130 Å². The molecule has 0 bridgehead atoms. The van der Waals surface area contributed by atoms with Crippen molar-refractivity contribution in [2.45, 2.75) is 114 Å². The maximum absolute atomic E-state index is 14.7. The Kier molecular flexibility index (Phi) is 17.4. The average molecular weight is 1380 g/mol. The summed E-state index contributed by atoms with van der Waals surface area (Å²) in [5.41, 5.74) is 5.35. The monoisotopic (exact) mass is 1380 g/mol. The topological polar surface area (TPSA) is 271 Å². The largest absolute Gasteiger partial charge is 0.462 e. The Morgan fingerprint density at radius 2 is 0.686 bits per heavy atom. The average Bonchev–Trinajstić information content (AvgIpc) is 1.54. The summed E-state index contributed by atoms with van der Waals surface area (Å²) in [6, 6.07) is 48.2. The van der Waals surface area contributed by atoms with E-state index >= 15 is 0 Å². The molecule has 0 amide bonds. The second-order valence-electron chi connectivity index (χ2n) is 27.2. The maximum Gasteiger partial charge on any atom is 0.270 e. The zero-order valence-electron chi connectivity index (χ0n) is 56.0. The van der Waals surface area contributed by atoms with E-state index in [-0.39, 0.29) is 47.3 Å². The number of halogens is 3. The van der Waals surface area contributed by atoms with E-state index in [1.807, 2.05) is 116 Å². The minimum atomic E-state index is -1.13. The van der Waals surface area contributed by atoms with Crippen LogP contribution in [-0.4, -0.2) is 52.2 Å². The van der Waals surface area contributed by atoms with Gasteiger partial charge in [-0.05, 0) is 142 Å². The summed E-state index contributed by atoms with van der Waals surface area (Å²) < 4.78 is 61.9. The SMILES string of the molecule is CC1(C)c2ccccc2N(Cc2ccc(F)cc2)C12C=Cc1cc([N+](=O)[O-])cc(CO)c1O2.CC1(C)c2ccccc2N(Cc2ccc(F)cc2F)C12C=Cc1cc([N+](=O)[O-])cc(CO)c1O2.CC1(C)c2ccccc2N(Cc2ccc([N+](=O)[O-])cc2)C12C=Cc1cc([N+](=O)[O-])cc(CO)c1O2. The Balaban J connectivity index is 0.000000137. The summed E-state index contributed by atoms with van der Waals surface area (Å²) in [4.78, 5) is 49.4. The van der Waals surface area contributed by atoms with Gasteiger partial charge >= 0.3 is 0 Å². The number of aliphatic hydroxyl groups excluding tert-OH is 3. The lowest BCUT2D eigenvalue weighted by Crippen LogP contribution is -2.59. The zero-order chi connectivity index (χ0) is 72.6. The Labute approximate surface area is 583 Å². The fraction of sp³-hybridized carbons (Fsp3) is 0.231. The molecule has 520 valence electrons. The number of nitrogens with zero attached hydrogens (tertiary/aromatic N) is 7. The number of nitro groups is 4. The maximum atomic E-state index is 14.7. The fourth-order valence-corrected chi connectivity index (χ4v) is 15.1. The van der Waals surface area contributed by atoms with Gasteiger partial charge in [-0.2, -0.15) is 0 Å². The predicted octanol–water partition coefficient (Wildman–Crippen LogP) is 15.9. The first-order chi connectivity index (χ1) is 48.6. The van der Waals surface area contributed by atoms with E-state index < -0.39 is 78.0 Å². The molecule has 21 nitrogen and oxygen atoms in total. The molecule has 6 aliphatic rings. The predicted molar refractivity (Wildman–Crippen MR) is 377 cm³/mol. The van der Waals surface area contributed by atoms with Crippen molar-refractivity contribution in [3.63, 3.8) is 0 Å². The molecule has 9 aromatic rings. The summed E-state index contributed by atoms with van der Waals surface area (Å²) in [6.07, 6.45) is 11.0. The van der Waals surface area contributed by atoms with E-state index in [1.54, 1.807) is 30.3 Å². The van der Waals surface area contributed by atoms with Crippen LogP contribution in [0.15, 0.2) is 194 Å². The number of aliphatic hydroxyl groups is 3. The molecule has 0 aromatic heterocycles. The quantitative estimate of drug-likeness (QED) is 0.0715. The number of nitro benzene ring substituents is 4. The van der Waals surface area contributed by atoms with E-state index in [2.05, 4.69) is 43.6 Å². The van der Waals surface area contributed by atoms with Crippen LogP contribution in [0, 0.1) is 57.9 Å². The summed E-state index contributed by atoms with van der Waals surface area (Å²) in [6.45, 7) is 12.0. The van der Waals surface area contributed by atoms with Crippen molar-refractivity contribution in [3.05, 3.63) is 319 Å². The third-order valence-electron chi connectivity index (χ3n) is 20.5. The van der Waals surface area contributed by atoms with E-state index in [0.717, 1.165) is 50.9 Å². The van der Waals surface area contributed by atoms with Crippen LogP contribution in [0.5, 0.6) is 17.2 Å². The van der Waals surface area contributed by atoms with Crippen LogP contribution >= 0.6 is 0 Å². The van der Waals surface area contributed by atoms with Gasteiger partial charge in [-0.15, -0.1) is 0 Å². The van der Waals surface area contributed by atoms with Gasteiger partial charge in [-0.1, -0.05) is 84.9 Å². The molecule has 3 unspecified atom stereocenters. The lowest BCUT2D eigenvalue weighted by molar-refractivity contribution is -0.385. The number of ether oxygens (including phenoxy) is 3. The lowest BCUT2D eigenvalue weighted by atomic mass is 9.76. The zero-order valence-corrected chi connectivity index (χ0v) is 56.0. The highest BCUT2D eigenvalue weighted by atomic mass is 19.1. The van der Waals surface area contributed by atoms with Gasteiger partial charge in [-0.25, -0.2) is 13.2 Å². The van der Waals surface area contributed by atoms with Crippen molar-refractivity contribution in [2.75, 3.05) is 14.7 Å². The van der Waals surface area contributed by atoms with Crippen LogP contribution in [0.2, 0.25) is 0 Å². The van der Waals surface area contributed by atoms with Crippen LogP contribution < -0.4 is 28.9 Å². The normalized spacial score (nSPS) is 19.5. The minimum Gasteiger partial charge on any atom is -0.462 e. The number of non-ortho nitro benzene ring substituents is 4. The van der Waals surface area contributed by atoms with Crippen molar-refractivity contribution < 1.29 is 62.4 Å². The fourth-order valence-electron chi connectivity index (χ4n) is 15.1. The molecular weight excluding hydrogens is 1320 g/mol. The van der Waals surface area contributed by atoms with Gasteiger partial charge in [0.05, 0.1) is 55.8 Å². The van der Waals surface area contributed by atoms with Gasteiger partial charge < -0.3 is 44.2 Å².